The van der Waals surface area contributed by atoms with Crippen LogP contribution in [0.5, 0.6) is 0 Å². The van der Waals surface area contributed by atoms with Crippen LogP contribution in [0.1, 0.15) is 65.2 Å². The SMILES string of the molecule is CCC1C=CC(C2=CCC=C(C(O)=C3C(=O)C4CCC=C(C5=CCCN=C5)C=C(C(F)(F)CC)C4=[N+]3C)CC2)=N1. The molecule has 5 rings (SSSR count). The average molecular weight is 547 g/mol. The Kier molecular flexibility index (Phi) is 8.11. The summed E-state index contributed by atoms with van der Waals surface area (Å²) in [6.45, 7) is 4.26. The summed E-state index contributed by atoms with van der Waals surface area (Å²) in [4.78, 5) is 22.9. The zero-order chi connectivity index (χ0) is 28.4. The van der Waals surface area contributed by atoms with Crippen molar-refractivity contribution in [1.29, 1.82) is 0 Å². The Hall–Kier alpha value is -3.48. The topological polar surface area (TPSA) is 65.0 Å². The van der Waals surface area contributed by atoms with E-state index in [0.717, 1.165) is 29.7 Å². The Morgan fingerprint density at radius 3 is 2.62 bits per heavy atom. The molecular formula is C33H38F2N3O2+. The molecule has 40 heavy (non-hydrogen) atoms. The predicted molar refractivity (Wildman–Crippen MR) is 157 cm³/mol. The second-order valence-corrected chi connectivity index (χ2v) is 10.9. The van der Waals surface area contributed by atoms with Crippen LogP contribution in [0.15, 0.2) is 91.8 Å². The molecule has 5 nitrogen and oxygen atoms in total. The molecule has 2 unspecified atom stereocenters. The van der Waals surface area contributed by atoms with Gasteiger partial charge in [-0.3, -0.25) is 14.8 Å². The summed E-state index contributed by atoms with van der Waals surface area (Å²) in [6, 6.07) is 0.209. The number of hydrogen-bond donors (Lipinski definition) is 1. The number of nitrogens with zero attached hydrogens (tertiary/aromatic N) is 3. The lowest BCUT2D eigenvalue weighted by Gasteiger charge is -2.22. The number of dihydropyridines is 1. The van der Waals surface area contributed by atoms with E-state index in [4.69, 9.17) is 4.99 Å². The zero-order valence-electron chi connectivity index (χ0n) is 23.6. The highest BCUT2D eigenvalue weighted by atomic mass is 19.3. The van der Waals surface area contributed by atoms with Crippen LogP contribution in [0.3, 0.4) is 0 Å². The van der Waals surface area contributed by atoms with Crippen LogP contribution < -0.4 is 0 Å². The number of aliphatic hydroxyl groups is 1. The van der Waals surface area contributed by atoms with Crippen LogP contribution in [0.25, 0.3) is 0 Å². The highest BCUT2D eigenvalue weighted by Crippen LogP contribution is 2.40. The van der Waals surface area contributed by atoms with Crippen molar-refractivity contribution in [1.82, 2.24) is 0 Å². The van der Waals surface area contributed by atoms with Crippen molar-refractivity contribution in [2.24, 2.45) is 15.9 Å². The first-order valence-corrected chi connectivity index (χ1v) is 14.5. The molecule has 0 saturated carbocycles. The molecule has 0 aromatic rings. The number of hydrogen-bond acceptors (Lipinski definition) is 4. The quantitative estimate of drug-likeness (QED) is 0.222. The lowest BCUT2D eigenvalue weighted by atomic mass is 9.83. The number of aliphatic imine (C=N–C) groups is 2. The van der Waals surface area contributed by atoms with E-state index < -0.39 is 11.8 Å². The maximum atomic E-state index is 15.6. The van der Waals surface area contributed by atoms with Gasteiger partial charge in [-0.25, -0.2) is 8.78 Å². The minimum atomic E-state index is -3.14. The van der Waals surface area contributed by atoms with Crippen molar-refractivity contribution in [3.05, 3.63) is 81.9 Å². The van der Waals surface area contributed by atoms with Crippen molar-refractivity contribution < 1.29 is 23.3 Å². The van der Waals surface area contributed by atoms with Crippen molar-refractivity contribution in [3.8, 4) is 0 Å². The summed E-state index contributed by atoms with van der Waals surface area (Å²) in [5.74, 6) is -4.27. The number of allylic oxidation sites excluding steroid dienone is 11. The highest BCUT2D eigenvalue weighted by molar-refractivity contribution is 6.20. The minimum absolute atomic E-state index is 0.105. The molecule has 0 saturated heterocycles. The van der Waals surface area contributed by atoms with Crippen LogP contribution in [0.4, 0.5) is 8.78 Å². The minimum Gasteiger partial charge on any atom is -0.502 e. The molecule has 0 bridgehead atoms. The molecule has 5 aliphatic rings. The summed E-state index contributed by atoms with van der Waals surface area (Å²) in [6.07, 6.45) is 19.6. The van der Waals surface area contributed by atoms with E-state index in [1.807, 2.05) is 18.2 Å². The number of aliphatic hydroxyl groups excluding tert-OH is 1. The smallest absolute Gasteiger partial charge is 0.291 e. The standard InChI is InChI=1S/C33H37F2N3O2/c1-4-25-16-17-28(37-25)21-9-6-10-22(15-14-21)31(39)30-32(40)26-13-7-11-23(24-12-8-18-36-20-24)19-27(29(26)38(30)3)33(34,35)5-2/h9-12,16-17,19-20,25-26H,4-8,13-15,18H2,1-3H3/p+1. The van der Waals surface area contributed by atoms with Crippen LogP contribution in [-0.2, 0) is 4.79 Å². The van der Waals surface area contributed by atoms with E-state index in [1.165, 1.54) is 11.5 Å². The monoisotopic (exact) mass is 546 g/mol. The van der Waals surface area contributed by atoms with Gasteiger partial charge < -0.3 is 5.11 Å². The number of Topliss-reactive ketones (excluding diaryl/α,β-unsaturated/α-hetero) is 1. The van der Waals surface area contributed by atoms with Gasteiger partial charge in [0.05, 0.1) is 17.3 Å². The van der Waals surface area contributed by atoms with Gasteiger partial charge in [-0.2, -0.15) is 4.58 Å². The third-order valence-corrected chi connectivity index (χ3v) is 8.45. The Labute approximate surface area is 235 Å². The van der Waals surface area contributed by atoms with E-state index >= 15 is 8.78 Å². The second-order valence-electron chi connectivity index (χ2n) is 10.9. The normalized spacial score (nSPS) is 26.7. The van der Waals surface area contributed by atoms with Gasteiger partial charge in [0.2, 0.25) is 11.5 Å². The number of alkyl halides is 2. The zero-order valence-corrected chi connectivity index (χ0v) is 23.6. The molecule has 3 aliphatic heterocycles. The predicted octanol–water partition coefficient (Wildman–Crippen LogP) is 6.96. The second kappa shape index (κ2) is 11.6. The summed E-state index contributed by atoms with van der Waals surface area (Å²) >= 11 is 0. The van der Waals surface area contributed by atoms with Gasteiger partial charge in [-0.05, 0) is 79.4 Å². The summed E-state index contributed by atoms with van der Waals surface area (Å²) in [7, 11) is 1.63. The van der Waals surface area contributed by atoms with E-state index in [-0.39, 0.29) is 35.3 Å². The molecule has 0 aromatic carbocycles. The first kappa shape index (κ1) is 28.1. The Morgan fingerprint density at radius 1 is 1.12 bits per heavy atom. The van der Waals surface area contributed by atoms with Gasteiger partial charge in [0.25, 0.3) is 11.6 Å². The lowest BCUT2D eigenvalue weighted by molar-refractivity contribution is -0.435. The fraction of sp³-hybridized carbons (Fsp3) is 0.455. The number of rotatable bonds is 6. The molecular weight excluding hydrogens is 508 g/mol. The molecule has 0 amide bonds. The Bertz CT molecular complexity index is 1410. The van der Waals surface area contributed by atoms with Crippen molar-refractivity contribution in [3.63, 3.8) is 0 Å². The maximum absolute atomic E-state index is 15.6. The van der Waals surface area contributed by atoms with Crippen molar-refractivity contribution >= 4 is 23.4 Å². The van der Waals surface area contributed by atoms with Crippen molar-refractivity contribution in [2.75, 3.05) is 13.6 Å². The van der Waals surface area contributed by atoms with Gasteiger partial charge in [0.15, 0.2) is 5.76 Å². The molecule has 1 N–H and O–H groups in total. The Balaban J connectivity index is 1.51. The molecule has 210 valence electrons. The van der Waals surface area contributed by atoms with Crippen LogP contribution in [0, 0.1) is 5.92 Å². The van der Waals surface area contributed by atoms with E-state index in [2.05, 4.69) is 30.1 Å². The molecule has 2 aliphatic carbocycles. The summed E-state index contributed by atoms with van der Waals surface area (Å²) < 4.78 is 32.7. The molecule has 0 fully saturated rings. The molecule has 3 heterocycles. The molecule has 0 aromatic heterocycles. The van der Waals surface area contributed by atoms with Crippen LogP contribution >= 0.6 is 0 Å². The number of ketones is 1. The van der Waals surface area contributed by atoms with Crippen molar-refractivity contribution in [2.45, 2.75) is 77.2 Å². The molecule has 0 radical (unpaired) electrons. The lowest BCUT2D eigenvalue weighted by Crippen LogP contribution is -2.32. The van der Waals surface area contributed by atoms with Gasteiger partial charge in [-0.1, -0.05) is 44.2 Å². The third kappa shape index (κ3) is 5.30. The summed E-state index contributed by atoms with van der Waals surface area (Å²) in [5.41, 5.74) is 4.57. The maximum Gasteiger partial charge on any atom is 0.291 e. The first-order chi connectivity index (χ1) is 19.2. The van der Waals surface area contributed by atoms with E-state index in [1.54, 1.807) is 19.3 Å². The number of halogens is 2. The van der Waals surface area contributed by atoms with Gasteiger partial charge in [-0.15, -0.1) is 0 Å². The third-order valence-electron chi connectivity index (χ3n) is 8.45. The Morgan fingerprint density at radius 2 is 1.93 bits per heavy atom. The molecule has 7 heteroatoms. The largest absolute Gasteiger partial charge is 0.502 e. The van der Waals surface area contributed by atoms with E-state index in [0.29, 0.717) is 55.5 Å². The van der Waals surface area contributed by atoms with Crippen LogP contribution in [-0.4, -0.2) is 58.7 Å². The molecule has 2 atom stereocenters. The highest BCUT2D eigenvalue weighted by Gasteiger charge is 2.52. The average Bonchev–Trinajstić information content (AvgIpc) is 3.41. The molecule has 0 spiro atoms. The number of fused-ring (bicyclic) bond motifs is 1. The number of carbonyl (C=O) groups excluding carboxylic acids is 1. The first-order valence-electron chi connectivity index (χ1n) is 14.5. The van der Waals surface area contributed by atoms with Gasteiger partial charge >= 0.3 is 0 Å². The van der Waals surface area contributed by atoms with Gasteiger partial charge in [0.1, 0.15) is 13.0 Å². The number of carbonyl (C=O) groups is 1. The fourth-order valence-electron chi connectivity index (χ4n) is 6.10. The van der Waals surface area contributed by atoms with E-state index in [9.17, 15) is 9.90 Å². The van der Waals surface area contributed by atoms with Crippen LogP contribution in [0.2, 0.25) is 0 Å². The number of likely N-dealkylation sites (N-methyl/N-ethyl adjacent to an activating group) is 1. The van der Waals surface area contributed by atoms with Gasteiger partial charge in [0, 0.05) is 19.2 Å². The fourth-order valence-corrected chi connectivity index (χ4v) is 6.10. The summed E-state index contributed by atoms with van der Waals surface area (Å²) in [5, 5.41) is 11.5.